The summed E-state index contributed by atoms with van der Waals surface area (Å²) in [5.74, 6) is 0.666. The van der Waals surface area contributed by atoms with Crippen LogP contribution in [0.5, 0.6) is 0 Å². The number of aromatic nitrogens is 4. The number of aryl methyl sites for hydroxylation is 5. The standard InChI is InChI=1S/C23H27N5O/c1-15-12-17(3)25-22(13-15)19(5)28-29-11-7-9-20-14-18(4)26-23(27-20)21-10-6-8-16(2)24-21/h6,8,10,12-14H,7,9,11H2,1-5H3. The number of rotatable bonds is 7. The summed E-state index contributed by atoms with van der Waals surface area (Å²) in [6.45, 7) is 10.4. The SMILES string of the molecule is CC(=NOCCCc1cc(C)nc(-c2cccc(C)n2)n1)c1cc(C)cc(C)n1. The van der Waals surface area contributed by atoms with Crippen molar-refractivity contribution in [2.24, 2.45) is 5.16 Å². The molecule has 0 spiro atoms. The van der Waals surface area contributed by atoms with E-state index in [-0.39, 0.29) is 0 Å². The van der Waals surface area contributed by atoms with E-state index in [0.717, 1.165) is 52.7 Å². The Morgan fingerprint density at radius 3 is 2.45 bits per heavy atom. The first-order valence-electron chi connectivity index (χ1n) is 9.81. The van der Waals surface area contributed by atoms with Gasteiger partial charge in [0.2, 0.25) is 0 Å². The molecule has 29 heavy (non-hydrogen) atoms. The van der Waals surface area contributed by atoms with Gasteiger partial charge in [-0.2, -0.15) is 0 Å². The monoisotopic (exact) mass is 389 g/mol. The van der Waals surface area contributed by atoms with E-state index in [1.54, 1.807) is 0 Å². The third kappa shape index (κ3) is 5.91. The molecule has 0 saturated heterocycles. The smallest absolute Gasteiger partial charge is 0.178 e. The number of oxime groups is 1. The zero-order valence-corrected chi connectivity index (χ0v) is 17.7. The molecule has 3 heterocycles. The van der Waals surface area contributed by atoms with Gasteiger partial charge in [-0.3, -0.25) is 4.98 Å². The normalized spacial score (nSPS) is 11.6. The zero-order chi connectivity index (χ0) is 20.8. The lowest BCUT2D eigenvalue weighted by atomic mass is 10.2. The van der Waals surface area contributed by atoms with Crippen LogP contribution in [-0.2, 0) is 11.3 Å². The minimum Gasteiger partial charge on any atom is -0.396 e. The maximum absolute atomic E-state index is 5.50. The molecule has 0 aliphatic carbocycles. The molecule has 0 saturated carbocycles. The van der Waals surface area contributed by atoms with Gasteiger partial charge in [-0.25, -0.2) is 15.0 Å². The summed E-state index contributed by atoms with van der Waals surface area (Å²) < 4.78 is 0. The van der Waals surface area contributed by atoms with Crippen molar-refractivity contribution in [1.29, 1.82) is 0 Å². The summed E-state index contributed by atoms with van der Waals surface area (Å²) in [5, 5.41) is 4.21. The molecular weight excluding hydrogens is 362 g/mol. The van der Waals surface area contributed by atoms with E-state index < -0.39 is 0 Å². The van der Waals surface area contributed by atoms with E-state index in [1.807, 2.05) is 64.1 Å². The minimum atomic E-state index is 0.517. The highest BCUT2D eigenvalue weighted by Gasteiger charge is 2.07. The molecule has 0 amide bonds. The molecule has 0 N–H and O–H groups in total. The molecule has 0 radical (unpaired) electrons. The Morgan fingerprint density at radius 2 is 1.69 bits per heavy atom. The summed E-state index contributed by atoms with van der Waals surface area (Å²) in [5.41, 5.74) is 7.45. The molecule has 3 aromatic heterocycles. The van der Waals surface area contributed by atoms with Gasteiger partial charge in [-0.05, 0) is 83.4 Å². The molecule has 150 valence electrons. The second-order valence-corrected chi connectivity index (χ2v) is 7.27. The number of hydrogen-bond donors (Lipinski definition) is 0. The van der Waals surface area contributed by atoms with E-state index in [0.29, 0.717) is 12.4 Å². The van der Waals surface area contributed by atoms with Crippen LogP contribution in [-0.4, -0.2) is 32.3 Å². The Kier molecular flexibility index (Phi) is 6.65. The van der Waals surface area contributed by atoms with Crippen LogP contribution in [0.4, 0.5) is 0 Å². The molecule has 0 aliphatic heterocycles. The quantitative estimate of drug-likeness (QED) is 0.337. The van der Waals surface area contributed by atoms with Gasteiger partial charge < -0.3 is 4.84 Å². The number of pyridine rings is 2. The largest absolute Gasteiger partial charge is 0.396 e. The predicted octanol–water partition coefficient (Wildman–Crippen LogP) is 4.54. The van der Waals surface area contributed by atoms with Gasteiger partial charge in [0.15, 0.2) is 5.82 Å². The van der Waals surface area contributed by atoms with Crippen molar-refractivity contribution < 1.29 is 4.84 Å². The van der Waals surface area contributed by atoms with Crippen LogP contribution in [0, 0.1) is 27.7 Å². The summed E-state index contributed by atoms with van der Waals surface area (Å²) >= 11 is 0. The Morgan fingerprint density at radius 1 is 0.897 bits per heavy atom. The minimum absolute atomic E-state index is 0.517. The van der Waals surface area contributed by atoms with Crippen LogP contribution < -0.4 is 0 Å². The molecule has 6 heteroatoms. The Bertz CT molecular complexity index is 1010. The van der Waals surface area contributed by atoms with E-state index in [1.165, 1.54) is 5.56 Å². The Hall–Kier alpha value is -3.15. The van der Waals surface area contributed by atoms with Gasteiger partial charge in [0.1, 0.15) is 18.0 Å². The highest BCUT2D eigenvalue weighted by Crippen LogP contribution is 2.15. The van der Waals surface area contributed by atoms with E-state index in [9.17, 15) is 0 Å². The lowest BCUT2D eigenvalue weighted by Gasteiger charge is -2.07. The molecular formula is C23H27N5O. The zero-order valence-electron chi connectivity index (χ0n) is 17.7. The maximum atomic E-state index is 5.50. The van der Waals surface area contributed by atoms with Crippen LogP contribution in [0.2, 0.25) is 0 Å². The number of hydrogen-bond acceptors (Lipinski definition) is 6. The Labute approximate surface area is 172 Å². The average molecular weight is 390 g/mol. The molecule has 0 atom stereocenters. The van der Waals surface area contributed by atoms with E-state index in [4.69, 9.17) is 4.84 Å². The van der Waals surface area contributed by atoms with Gasteiger partial charge in [-0.15, -0.1) is 0 Å². The molecule has 0 aromatic carbocycles. The first kappa shape index (κ1) is 20.6. The topological polar surface area (TPSA) is 73.2 Å². The number of nitrogens with zero attached hydrogens (tertiary/aromatic N) is 5. The molecule has 0 unspecified atom stereocenters. The van der Waals surface area contributed by atoms with Gasteiger partial charge in [0.05, 0.1) is 5.69 Å². The third-order valence-electron chi connectivity index (χ3n) is 4.36. The molecule has 0 fully saturated rings. The second-order valence-electron chi connectivity index (χ2n) is 7.27. The molecule has 6 nitrogen and oxygen atoms in total. The summed E-state index contributed by atoms with van der Waals surface area (Å²) in [7, 11) is 0. The van der Waals surface area contributed by atoms with Crippen molar-refractivity contribution in [3.05, 3.63) is 70.4 Å². The summed E-state index contributed by atoms with van der Waals surface area (Å²) in [4.78, 5) is 23.7. The molecule has 0 bridgehead atoms. The fourth-order valence-electron chi connectivity index (χ4n) is 3.08. The highest BCUT2D eigenvalue weighted by molar-refractivity contribution is 5.96. The lowest BCUT2D eigenvalue weighted by Crippen LogP contribution is -2.04. The maximum Gasteiger partial charge on any atom is 0.178 e. The van der Waals surface area contributed by atoms with Crippen molar-refractivity contribution in [3.8, 4) is 11.5 Å². The van der Waals surface area contributed by atoms with Crippen LogP contribution in [0.15, 0.2) is 41.6 Å². The molecule has 3 aromatic rings. The fourth-order valence-corrected chi connectivity index (χ4v) is 3.08. The Balaban J connectivity index is 1.58. The van der Waals surface area contributed by atoms with E-state index in [2.05, 4.69) is 32.0 Å². The van der Waals surface area contributed by atoms with E-state index >= 15 is 0 Å². The molecule has 0 aliphatic rings. The van der Waals surface area contributed by atoms with Gasteiger partial charge >= 0.3 is 0 Å². The fraction of sp³-hybridized carbons (Fsp3) is 0.348. The van der Waals surface area contributed by atoms with Crippen molar-refractivity contribution in [3.63, 3.8) is 0 Å². The predicted molar refractivity (Wildman–Crippen MR) is 115 cm³/mol. The van der Waals surface area contributed by atoms with Crippen LogP contribution in [0.25, 0.3) is 11.5 Å². The van der Waals surface area contributed by atoms with Gasteiger partial charge in [-0.1, -0.05) is 11.2 Å². The molecule has 3 rings (SSSR count). The lowest BCUT2D eigenvalue weighted by molar-refractivity contribution is 0.141. The van der Waals surface area contributed by atoms with Crippen molar-refractivity contribution in [2.45, 2.75) is 47.5 Å². The highest BCUT2D eigenvalue weighted by atomic mass is 16.6. The summed E-state index contributed by atoms with van der Waals surface area (Å²) in [6, 6.07) is 11.9. The first-order chi connectivity index (χ1) is 13.9. The van der Waals surface area contributed by atoms with Crippen molar-refractivity contribution in [1.82, 2.24) is 19.9 Å². The third-order valence-corrected chi connectivity index (χ3v) is 4.36. The van der Waals surface area contributed by atoms with Crippen LogP contribution >= 0.6 is 0 Å². The van der Waals surface area contributed by atoms with Gasteiger partial charge in [0.25, 0.3) is 0 Å². The van der Waals surface area contributed by atoms with Crippen LogP contribution in [0.3, 0.4) is 0 Å². The summed E-state index contributed by atoms with van der Waals surface area (Å²) in [6.07, 6.45) is 1.60. The van der Waals surface area contributed by atoms with Crippen molar-refractivity contribution >= 4 is 5.71 Å². The van der Waals surface area contributed by atoms with Crippen LogP contribution in [0.1, 0.15) is 47.4 Å². The van der Waals surface area contributed by atoms with Gasteiger partial charge in [0, 0.05) is 22.8 Å². The average Bonchev–Trinajstić information content (AvgIpc) is 2.66. The first-order valence-corrected chi connectivity index (χ1v) is 9.81. The van der Waals surface area contributed by atoms with Crippen molar-refractivity contribution in [2.75, 3.05) is 6.61 Å². The second kappa shape index (κ2) is 9.37.